The predicted octanol–water partition coefficient (Wildman–Crippen LogP) is 0.856. The molecule has 1 unspecified atom stereocenters. The number of hydrogen-bond acceptors (Lipinski definition) is 3. The molecule has 1 atom stereocenters. The minimum atomic E-state index is -1.06. The first-order valence-electron chi connectivity index (χ1n) is 5.13. The number of carboxylic acid groups (broad SMARTS) is 1. The lowest BCUT2D eigenvalue weighted by Gasteiger charge is -2.08. The number of carbonyl (C=O) groups is 1. The maximum atomic E-state index is 12.8. The van der Waals surface area contributed by atoms with Crippen molar-refractivity contribution in [3.63, 3.8) is 0 Å². The number of carboxylic acids is 1. The highest BCUT2D eigenvalue weighted by atomic mass is 19.2. The summed E-state index contributed by atoms with van der Waals surface area (Å²) in [5, 5.41) is 11.4. The van der Waals surface area contributed by atoms with Gasteiger partial charge in [-0.15, -0.1) is 0 Å². The van der Waals surface area contributed by atoms with Crippen LogP contribution >= 0.6 is 0 Å². The first-order chi connectivity index (χ1) is 8.00. The largest absolute Gasteiger partial charge is 0.480 e. The minimum absolute atomic E-state index is 0.277. The molecule has 0 bridgehead atoms. The molecule has 0 radical (unpaired) electrons. The van der Waals surface area contributed by atoms with Gasteiger partial charge < -0.3 is 16.2 Å². The topological polar surface area (TPSA) is 75.3 Å². The zero-order chi connectivity index (χ0) is 12.8. The van der Waals surface area contributed by atoms with Gasteiger partial charge in [-0.1, -0.05) is 6.07 Å². The van der Waals surface area contributed by atoms with E-state index in [0.29, 0.717) is 18.7 Å². The van der Waals surface area contributed by atoms with Gasteiger partial charge in [0.1, 0.15) is 6.04 Å². The summed E-state index contributed by atoms with van der Waals surface area (Å²) < 4.78 is 25.4. The van der Waals surface area contributed by atoms with Crippen LogP contribution in [-0.4, -0.2) is 23.7 Å². The first kappa shape index (κ1) is 13.5. The van der Waals surface area contributed by atoms with Crippen LogP contribution in [0.4, 0.5) is 8.78 Å². The van der Waals surface area contributed by atoms with Crippen LogP contribution in [0.5, 0.6) is 0 Å². The van der Waals surface area contributed by atoms with E-state index >= 15 is 0 Å². The van der Waals surface area contributed by atoms with E-state index in [4.69, 9.17) is 10.8 Å². The molecule has 0 aliphatic rings. The fourth-order valence-electron chi connectivity index (χ4n) is 1.26. The lowest BCUT2D eigenvalue weighted by molar-refractivity contribution is -0.138. The van der Waals surface area contributed by atoms with E-state index in [1.807, 2.05) is 0 Å². The van der Waals surface area contributed by atoms with Crippen LogP contribution in [0.1, 0.15) is 12.0 Å². The summed E-state index contributed by atoms with van der Waals surface area (Å²) in [6.07, 6.45) is 0.277. The molecule has 1 rings (SSSR count). The third kappa shape index (κ3) is 4.46. The number of hydrogen-bond donors (Lipinski definition) is 3. The minimum Gasteiger partial charge on any atom is -0.480 e. The molecule has 0 aliphatic carbocycles. The first-order valence-corrected chi connectivity index (χ1v) is 5.13. The van der Waals surface area contributed by atoms with E-state index in [9.17, 15) is 13.6 Å². The van der Waals surface area contributed by atoms with E-state index in [1.165, 1.54) is 6.07 Å². The van der Waals surface area contributed by atoms with Gasteiger partial charge in [0.15, 0.2) is 11.6 Å². The zero-order valence-corrected chi connectivity index (χ0v) is 9.12. The Labute approximate surface area is 97.4 Å². The van der Waals surface area contributed by atoms with Crippen LogP contribution in [0.3, 0.4) is 0 Å². The molecule has 1 aromatic rings. The Morgan fingerprint density at radius 3 is 2.71 bits per heavy atom. The maximum Gasteiger partial charge on any atom is 0.320 e. The standard InChI is InChI=1S/C11H14F2N2O2/c12-8-2-1-7(5-9(8)13)6-15-4-3-10(14)11(16)17/h1-2,5,10,15H,3-4,6,14H2,(H,16,17). The molecular formula is C11H14F2N2O2. The zero-order valence-electron chi connectivity index (χ0n) is 9.12. The van der Waals surface area contributed by atoms with Gasteiger partial charge in [-0.25, -0.2) is 8.78 Å². The van der Waals surface area contributed by atoms with Crippen molar-refractivity contribution >= 4 is 5.97 Å². The fourth-order valence-corrected chi connectivity index (χ4v) is 1.26. The van der Waals surface area contributed by atoms with Gasteiger partial charge >= 0.3 is 5.97 Å². The number of aliphatic carboxylic acids is 1. The smallest absolute Gasteiger partial charge is 0.320 e. The van der Waals surface area contributed by atoms with Gasteiger partial charge in [0, 0.05) is 6.54 Å². The Kier molecular flexibility index (Phi) is 4.99. The molecule has 0 saturated carbocycles. The third-order valence-corrected chi connectivity index (χ3v) is 2.26. The Balaban J connectivity index is 2.31. The van der Waals surface area contributed by atoms with Gasteiger partial charge in [0.25, 0.3) is 0 Å². The number of benzene rings is 1. The van der Waals surface area contributed by atoms with Gasteiger partial charge in [-0.3, -0.25) is 4.79 Å². The third-order valence-electron chi connectivity index (χ3n) is 2.26. The molecule has 0 fully saturated rings. The van der Waals surface area contributed by atoms with Crippen molar-refractivity contribution in [2.75, 3.05) is 6.54 Å². The lowest BCUT2D eigenvalue weighted by atomic mass is 10.2. The molecule has 0 aliphatic heterocycles. The summed E-state index contributed by atoms with van der Waals surface area (Å²) >= 11 is 0. The second kappa shape index (κ2) is 6.27. The van der Waals surface area contributed by atoms with Crippen LogP contribution < -0.4 is 11.1 Å². The van der Waals surface area contributed by atoms with Gasteiger partial charge in [-0.2, -0.15) is 0 Å². The second-order valence-electron chi connectivity index (χ2n) is 3.66. The summed E-state index contributed by atoms with van der Waals surface area (Å²) in [6, 6.07) is 2.70. The number of nitrogens with two attached hydrogens (primary N) is 1. The molecule has 0 aromatic heterocycles. The molecule has 94 valence electrons. The quantitative estimate of drug-likeness (QED) is 0.649. The number of nitrogens with one attached hydrogen (secondary N) is 1. The molecular weight excluding hydrogens is 230 g/mol. The SMILES string of the molecule is NC(CCNCc1ccc(F)c(F)c1)C(=O)O. The molecule has 4 nitrogen and oxygen atoms in total. The highest BCUT2D eigenvalue weighted by molar-refractivity contribution is 5.72. The molecule has 0 heterocycles. The fraction of sp³-hybridized carbons (Fsp3) is 0.364. The Hall–Kier alpha value is -1.53. The second-order valence-corrected chi connectivity index (χ2v) is 3.66. The Morgan fingerprint density at radius 1 is 1.41 bits per heavy atom. The normalized spacial score (nSPS) is 12.4. The molecule has 0 spiro atoms. The van der Waals surface area contributed by atoms with E-state index < -0.39 is 23.6 Å². The molecule has 0 saturated heterocycles. The van der Waals surface area contributed by atoms with E-state index in [1.54, 1.807) is 0 Å². The average molecular weight is 244 g/mol. The van der Waals surface area contributed by atoms with Crippen molar-refractivity contribution in [2.45, 2.75) is 19.0 Å². The summed E-state index contributed by atoms with van der Waals surface area (Å²) in [7, 11) is 0. The van der Waals surface area contributed by atoms with Crippen molar-refractivity contribution in [1.82, 2.24) is 5.32 Å². The van der Waals surface area contributed by atoms with Crippen LogP contribution in [0.25, 0.3) is 0 Å². The Bertz CT molecular complexity index is 399. The summed E-state index contributed by atoms with van der Waals surface area (Å²) in [6.45, 7) is 0.732. The van der Waals surface area contributed by atoms with Crippen molar-refractivity contribution in [2.24, 2.45) is 5.73 Å². The van der Waals surface area contributed by atoms with Crippen molar-refractivity contribution < 1.29 is 18.7 Å². The van der Waals surface area contributed by atoms with E-state index in [2.05, 4.69) is 5.32 Å². The predicted molar refractivity (Wildman–Crippen MR) is 58.3 cm³/mol. The highest BCUT2D eigenvalue weighted by Crippen LogP contribution is 2.08. The van der Waals surface area contributed by atoms with Gasteiger partial charge in [0.05, 0.1) is 0 Å². The van der Waals surface area contributed by atoms with Crippen LogP contribution in [0.15, 0.2) is 18.2 Å². The van der Waals surface area contributed by atoms with Gasteiger partial charge in [0.2, 0.25) is 0 Å². The van der Waals surface area contributed by atoms with E-state index in [-0.39, 0.29) is 6.42 Å². The number of halogens is 2. The van der Waals surface area contributed by atoms with Crippen LogP contribution in [-0.2, 0) is 11.3 Å². The maximum absolute atomic E-state index is 12.8. The molecule has 1 aromatic carbocycles. The van der Waals surface area contributed by atoms with Gasteiger partial charge in [-0.05, 0) is 30.7 Å². The highest BCUT2D eigenvalue weighted by Gasteiger charge is 2.10. The number of rotatable bonds is 6. The summed E-state index contributed by atoms with van der Waals surface area (Å²) in [5.41, 5.74) is 5.88. The van der Waals surface area contributed by atoms with Crippen LogP contribution in [0.2, 0.25) is 0 Å². The average Bonchev–Trinajstić information content (AvgIpc) is 2.28. The lowest BCUT2D eigenvalue weighted by Crippen LogP contribution is -2.33. The molecule has 17 heavy (non-hydrogen) atoms. The van der Waals surface area contributed by atoms with E-state index in [0.717, 1.165) is 12.1 Å². The Morgan fingerprint density at radius 2 is 2.12 bits per heavy atom. The molecule has 0 amide bonds. The van der Waals surface area contributed by atoms with Crippen molar-refractivity contribution in [3.05, 3.63) is 35.4 Å². The monoisotopic (exact) mass is 244 g/mol. The molecule has 4 N–H and O–H groups in total. The molecule has 6 heteroatoms. The van der Waals surface area contributed by atoms with Crippen LogP contribution in [0, 0.1) is 11.6 Å². The van der Waals surface area contributed by atoms with Crippen molar-refractivity contribution in [3.8, 4) is 0 Å². The summed E-state index contributed by atoms with van der Waals surface area (Å²) in [4.78, 5) is 10.4. The summed E-state index contributed by atoms with van der Waals surface area (Å²) in [5.74, 6) is -2.84. The van der Waals surface area contributed by atoms with Crippen molar-refractivity contribution in [1.29, 1.82) is 0 Å².